The van der Waals surface area contributed by atoms with Gasteiger partial charge in [-0.25, -0.2) is 0 Å². The van der Waals surface area contributed by atoms with Gasteiger partial charge >= 0.3 is 7.12 Å². The van der Waals surface area contributed by atoms with Crippen LogP contribution < -0.4 is 10.2 Å². The van der Waals surface area contributed by atoms with E-state index in [2.05, 4.69) is 6.07 Å². The second-order valence-corrected chi connectivity index (χ2v) is 7.31. The molecule has 1 aliphatic rings. The van der Waals surface area contributed by atoms with Crippen molar-refractivity contribution in [3.05, 3.63) is 23.3 Å². The Morgan fingerprint density at radius 3 is 2.41 bits per heavy atom. The van der Waals surface area contributed by atoms with E-state index in [4.69, 9.17) is 28.8 Å². The third-order valence-corrected chi connectivity index (χ3v) is 4.84. The van der Waals surface area contributed by atoms with E-state index in [0.29, 0.717) is 41.8 Å². The van der Waals surface area contributed by atoms with Crippen LogP contribution in [0.25, 0.3) is 0 Å². The van der Waals surface area contributed by atoms with Gasteiger partial charge in [-0.15, -0.1) is 0 Å². The fourth-order valence-corrected chi connectivity index (χ4v) is 2.63. The summed E-state index contributed by atoms with van der Waals surface area (Å²) in [7, 11) is 0.861. The Morgan fingerprint density at radius 1 is 1.19 bits per heavy atom. The zero-order valence-electron chi connectivity index (χ0n) is 16.5. The Balaban J connectivity index is 2.36. The molecule has 8 heteroatoms. The van der Waals surface area contributed by atoms with Crippen LogP contribution in [0.2, 0.25) is 0 Å². The molecule has 0 aliphatic carbocycles. The zero-order valence-corrected chi connectivity index (χ0v) is 16.5. The molecule has 0 spiro atoms. The van der Waals surface area contributed by atoms with Gasteiger partial charge in [0.2, 0.25) is 0 Å². The van der Waals surface area contributed by atoms with Gasteiger partial charge in [0.1, 0.15) is 5.75 Å². The highest BCUT2D eigenvalue weighted by atomic mass is 16.7. The predicted molar refractivity (Wildman–Crippen MR) is 100 cm³/mol. The van der Waals surface area contributed by atoms with Crippen molar-refractivity contribution in [1.82, 2.24) is 0 Å². The highest BCUT2D eigenvalue weighted by molar-refractivity contribution is 6.63. The Kier molecular flexibility index (Phi) is 7.01. The van der Waals surface area contributed by atoms with Gasteiger partial charge < -0.3 is 23.5 Å². The molecule has 0 bridgehead atoms. The molecule has 1 fully saturated rings. The van der Waals surface area contributed by atoms with E-state index in [1.54, 1.807) is 19.2 Å². The molecule has 1 heterocycles. The summed E-state index contributed by atoms with van der Waals surface area (Å²) >= 11 is 0. The van der Waals surface area contributed by atoms with E-state index in [0.717, 1.165) is 0 Å². The number of rotatable bonds is 9. The molecule has 0 saturated carbocycles. The number of benzene rings is 1. The first-order valence-corrected chi connectivity index (χ1v) is 8.80. The number of ether oxygens (including phenoxy) is 3. The number of aldehydes is 1. The van der Waals surface area contributed by atoms with Gasteiger partial charge in [-0.3, -0.25) is 4.79 Å². The van der Waals surface area contributed by atoms with E-state index in [-0.39, 0.29) is 13.2 Å². The zero-order chi connectivity index (χ0) is 20.1. The standard InChI is InChI=1S/C19H26BNO6/c1-18(2)19(3,4)27-20(26-18)16-11-14(6-7-21)10-15(12-22)17(16)25-13-24-9-8-23-5/h10-12H,6,8-9,13H2,1-5H3. The molecule has 1 saturated heterocycles. The molecule has 0 unspecified atom stereocenters. The lowest BCUT2D eigenvalue weighted by Crippen LogP contribution is -2.41. The monoisotopic (exact) mass is 375 g/mol. The second-order valence-electron chi connectivity index (χ2n) is 7.31. The lowest BCUT2D eigenvalue weighted by atomic mass is 9.76. The van der Waals surface area contributed by atoms with Gasteiger partial charge in [-0.2, -0.15) is 5.26 Å². The van der Waals surface area contributed by atoms with E-state index >= 15 is 0 Å². The third kappa shape index (κ3) is 4.88. The Morgan fingerprint density at radius 2 is 1.85 bits per heavy atom. The van der Waals surface area contributed by atoms with Gasteiger partial charge in [-0.05, 0) is 39.3 Å². The van der Waals surface area contributed by atoms with E-state index < -0.39 is 18.3 Å². The lowest BCUT2D eigenvalue weighted by molar-refractivity contribution is -0.00832. The molecular formula is C19H26BNO6. The fraction of sp³-hybridized carbons (Fsp3) is 0.579. The molecule has 0 radical (unpaired) electrons. The fourth-order valence-electron chi connectivity index (χ4n) is 2.63. The highest BCUT2D eigenvalue weighted by Crippen LogP contribution is 2.37. The molecule has 1 aromatic carbocycles. The molecule has 0 aromatic heterocycles. The first-order chi connectivity index (χ1) is 12.8. The number of carbonyl (C=O) groups excluding carboxylic acids is 1. The SMILES string of the molecule is COCCOCOc1c(C=O)cc(CC#N)cc1B1OC(C)(C)C(C)(C)O1. The van der Waals surface area contributed by atoms with E-state index in [9.17, 15) is 4.79 Å². The lowest BCUT2D eigenvalue weighted by Gasteiger charge is -2.32. The molecule has 0 atom stereocenters. The minimum Gasteiger partial charge on any atom is -0.467 e. The van der Waals surface area contributed by atoms with E-state index in [1.807, 2.05) is 27.7 Å². The van der Waals surface area contributed by atoms with Crippen molar-refractivity contribution in [3.63, 3.8) is 0 Å². The third-order valence-electron chi connectivity index (χ3n) is 4.84. The number of nitrogens with zero attached hydrogens (tertiary/aromatic N) is 1. The summed E-state index contributed by atoms with van der Waals surface area (Å²) in [6.07, 6.45) is 0.859. The summed E-state index contributed by atoms with van der Waals surface area (Å²) in [5, 5.41) is 9.03. The molecule has 0 amide bonds. The summed E-state index contributed by atoms with van der Waals surface area (Å²) in [6.45, 7) is 8.54. The van der Waals surface area contributed by atoms with Crippen molar-refractivity contribution in [2.75, 3.05) is 27.1 Å². The topological polar surface area (TPSA) is 87.0 Å². The summed E-state index contributed by atoms with van der Waals surface area (Å²) in [4.78, 5) is 11.6. The first-order valence-electron chi connectivity index (χ1n) is 8.80. The van der Waals surface area contributed by atoms with Crippen LogP contribution in [0.15, 0.2) is 12.1 Å². The maximum atomic E-state index is 11.6. The minimum atomic E-state index is -0.721. The highest BCUT2D eigenvalue weighted by Gasteiger charge is 2.52. The number of hydrogen-bond acceptors (Lipinski definition) is 7. The summed E-state index contributed by atoms with van der Waals surface area (Å²) < 4.78 is 28.2. The van der Waals surface area contributed by atoms with Crippen molar-refractivity contribution in [3.8, 4) is 11.8 Å². The van der Waals surface area contributed by atoms with Crippen LogP contribution in [-0.2, 0) is 25.2 Å². The van der Waals surface area contributed by atoms with Gasteiger partial charge in [0.15, 0.2) is 13.1 Å². The molecule has 0 N–H and O–H groups in total. The number of hydrogen-bond donors (Lipinski definition) is 0. The van der Waals surface area contributed by atoms with Gasteiger partial charge in [0.25, 0.3) is 0 Å². The molecule has 27 heavy (non-hydrogen) atoms. The first kappa shape index (κ1) is 21.4. The smallest absolute Gasteiger partial charge is 0.467 e. The predicted octanol–water partition coefficient (Wildman–Crippen LogP) is 1.86. The largest absolute Gasteiger partial charge is 0.498 e. The normalized spacial score (nSPS) is 17.6. The molecular weight excluding hydrogens is 349 g/mol. The van der Waals surface area contributed by atoms with Crippen LogP contribution in [0.5, 0.6) is 5.75 Å². The average Bonchev–Trinajstić information content (AvgIpc) is 2.83. The van der Waals surface area contributed by atoms with Crippen LogP contribution in [-0.4, -0.2) is 51.7 Å². The van der Waals surface area contributed by atoms with Gasteiger partial charge in [0, 0.05) is 12.6 Å². The molecule has 1 aromatic rings. The summed E-state index contributed by atoms with van der Waals surface area (Å²) in [5.41, 5.74) is 0.492. The van der Waals surface area contributed by atoms with Crippen molar-refractivity contribution in [2.24, 2.45) is 0 Å². The van der Waals surface area contributed by atoms with Crippen LogP contribution in [0, 0.1) is 11.3 Å². The van der Waals surface area contributed by atoms with Crippen LogP contribution >= 0.6 is 0 Å². The molecule has 2 rings (SSSR count). The summed E-state index contributed by atoms with van der Waals surface area (Å²) in [5.74, 6) is 0.336. The molecule has 1 aliphatic heterocycles. The number of nitriles is 1. The maximum Gasteiger partial charge on any atom is 0.498 e. The van der Waals surface area contributed by atoms with Crippen LogP contribution in [0.1, 0.15) is 43.6 Å². The average molecular weight is 375 g/mol. The molecule has 146 valence electrons. The second kappa shape index (κ2) is 8.85. The van der Waals surface area contributed by atoms with Crippen LogP contribution in [0.4, 0.5) is 0 Å². The quantitative estimate of drug-likeness (QED) is 0.282. The Hall–Kier alpha value is -1.92. The Bertz CT molecular complexity index is 697. The van der Waals surface area contributed by atoms with Crippen molar-refractivity contribution >= 4 is 18.9 Å². The Labute approximate surface area is 160 Å². The number of methoxy groups -OCH3 is 1. The van der Waals surface area contributed by atoms with E-state index in [1.165, 1.54) is 0 Å². The van der Waals surface area contributed by atoms with Crippen molar-refractivity contribution in [2.45, 2.75) is 45.3 Å². The van der Waals surface area contributed by atoms with Gasteiger partial charge in [-0.1, -0.05) is 6.07 Å². The van der Waals surface area contributed by atoms with Gasteiger partial charge in [0.05, 0.1) is 42.5 Å². The van der Waals surface area contributed by atoms with Crippen molar-refractivity contribution in [1.29, 1.82) is 5.26 Å². The number of carbonyl (C=O) groups is 1. The van der Waals surface area contributed by atoms with Crippen LogP contribution in [0.3, 0.4) is 0 Å². The summed E-state index contributed by atoms with van der Waals surface area (Å²) in [6, 6.07) is 5.51. The maximum absolute atomic E-state index is 11.6. The van der Waals surface area contributed by atoms with Crippen molar-refractivity contribution < 1.29 is 28.3 Å². The minimum absolute atomic E-state index is 0.0473. The molecule has 7 nitrogen and oxygen atoms in total.